The van der Waals surface area contributed by atoms with E-state index in [0.29, 0.717) is 12.5 Å². The summed E-state index contributed by atoms with van der Waals surface area (Å²) in [7, 11) is 0. The zero-order chi connectivity index (χ0) is 14.5. The van der Waals surface area contributed by atoms with Gasteiger partial charge in [-0.3, -0.25) is 4.79 Å². The molecule has 19 heavy (non-hydrogen) atoms. The average Bonchev–Trinajstić information content (AvgIpc) is 2.39. The molecule has 0 heterocycles. The van der Waals surface area contributed by atoms with Gasteiger partial charge in [-0.05, 0) is 18.8 Å². The first kappa shape index (κ1) is 18.5. The van der Waals surface area contributed by atoms with Crippen LogP contribution in [0.5, 0.6) is 0 Å². The number of hydrogen-bond donors (Lipinski definition) is 0. The van der Waals surface area contributed by atoms with E-state index in [4.69, 9.17) is 4.74 Å². The molecule has 0 aromatic rings. The molecule has 0 saturated carbocycles. The summed E-state index contributed by atoms with van der Waals surface area (Å²) in [6.45, 7) is 9.16. The second kappa shape index (κ2) is 12.5. The van der Waals surface area contributed by atoms with Crippen molar-refractivity contribution in [2.45, 2.75) is 85.5 Å². The Kier molecular flexibility index (Phi) is 12.2. The van der Waals surface area contributed by atoms with Crippen molar-refractivity contribution in [3.8, 4) is 0 Å². The molecule has 0 aromatic carbocycles. The minimum absolute atomic E-state index is 0.0429. The van der Waals surface area contributed by atoms with Crippen molar-refractivity contribution in [1.29, 1.82) is 0 Å². The predicted octanol–water partition coefficient (Wildman–Crippen LogP) is 5.35. The fourth-order valence-corrected chi connectivity index (χ4v) is 2.20. The summed E-state index contributed by atoms with van der Waals surface area (Å²) in [5.74, 6) is 0.615. The molecule has 0 saturated heterocycles. The quantitative estimate of drug-likeness (QED) is 0.353. The molecular weight excluding hydrogens is 236 g/mol. The van der Waals surface area contributed by atoms with E-state index in [1.54, 1.807) is 0 Å². The Balaban J connectivity index is 4.03. The molecule has 114 valence electrons. The maximum absolute atomic E-state index is 12.1. The lowest BCUT2D eigenvalue weighted by Gasteiger charge is -2.16. The van der Waals surface area contributed by atoms with Gasteiger partial charge < -0.3 is 4.74 Å². The third-order valence-corrected chi connectivity index (χ3v) is 3.45. The van der Waals surface area contributed by atoms with Crippen LogP contribution in [0.1, 0.15) is 85.5 Å². The Morgan fingerprint density at radius 3 is 1.95 bits per heavy atom. The average molecular weight is 270 g/mol. The molecule has 0 aliphatic heterocycles. The summed E-state index contributed by atoms with van der Waals surface area (Å²) in [5.41, 5.74) is 0. The standard InChI is InChI=1S/C17H34O2/c1-5-7-9-11-13-16(12-10-8-6-2)17(18)19-14-15(3)4/h15-16H,5-14H2,1-4H3. The number of hydrogen-bond acceptors (Lipinski definition) is 2. The number of carbonyl (C=O) groups is 1. The van der Waals surface area contributed by atoms with Crippen LogP contribution in [-0.4, -0.2) is 12.6 Å². The van der Waals surface area contributed by atoms with Crippen molar-refractivity contribution in [3.63, 3.8) is 0 Å². The molecule has 0 N–H and O–H groups in total. The van der Waals surface area contributed by atoms with Gasteiger partial charge in [-0.25, -0.2) is 0 Å². The summed E-state index contributed by atoms with van der Waals surface area (Å²) in [6.07, 6.45) is 10.6. The van der Waals surface area contributed by atoms with Crippen molar-refractivity contribution in [2.75, 3.05) is 6.61 Å². The highest BCUT2D eigenvalue weighted by atomic mass is 16.5. The Bertz CT molecular complexity index is 211. The maximum Gasteiger partial charge on any atom is 0.308 e. The normalized spacial score (nSPS) is 12.7. The molecule has 0 rings (SSSR count). The summed E-state index contributed by atoms with van der Waals surface area (Å²) < 4.78 is 5.41. The molecular formula is C17H34O2. The van der Waals surface area contributed by atoms with Gasteiger partial charge in [0, 0.05) is 0 Å². The van der Waals surface area contributed by atoms with Gasteiger partial charge in [0.2, 0.25) is 0 Å². The summed E-state index contributed by atoms with van der Waals surface area (Å²) in [5, 5.41) is 0. The van der Waals surface area contributed by atoms with E-state index in [-0.39, 0.29) is 11.9 Å². The largest absolute Gasteiger partial charge is 0.465 e. The third kappa shape index (κ3) is 11.0. The van der Waals surface area contributed by atoms with Crippen LogP contribution >= 0.6 is 0 Å². The van der Waals surface area contributed by atoms with E-state index < -0.39 is 0 Å². The van der Waals surface area contributed by atoms with Crippen molar-refractivity contribution < 1.29 is 9.53 Å². The number of unbranched alkanes of at least 4 members (excludes halogenated alkanes) is 5. The zero-order valence-electron chi connectivity index (χ0n) is 13.5. The lowest BCUT2D eigenvalue weighted by atomic mass is 9.95. The van der Waals surface area contributed by atoms with Gasteiger partial charge in [0.05, 0.1) is 12.5 Å². The maximum atomic E-state index is 12.1. The van der Waals surface area contributed by atoms with E-state index in [1.807, 2.05) is 0 Å². The molecule has 0 amide bonds. The van der Waals surface area contributed by atoms with Crippen LogP contribution in [0, 0.1) is 11.8 Å². The predicted molar refractivity (Wildman–Crippen MR) is 82.2 cm³/mol. The molecule has 0 aromatic heterocycles. The van der Waals surface area contributed by atoms with Gasteiger partial charge in [-0.15, -0.1) is 0 Å². The lowest BCUT2D eigenvalue weighted by molar-refractivity contribution is -0.150. The number of rotatable bonds is 12. The minimum Gasteiger partial charge on any atom is -0.465 e. The Labute approximate surface area is 120 Å². The van der Waals surface area contributed by atoms with Crippen LogP contribution in [0.3, 0.4) is 0 Å². The lowest BCUT2D eigenvalue weighted by Crippen LogP contribution is -2.20. The molecule has 2 heteroatoms. The molecule has 0 spiro atoms. The summed E-state index contributed by atoms with van der Waals surface area (Å²) in [6, 6.07) is 0. The van der Waals surface area contributed by atoms with Gasteiger partial charge in [-0.2, -0.15) is 0 Å². The van der Waals surface area contributed by atoms with Crippen LogP contribution < -0.4 is 0 Å². The van der Waals surface area contributed by atoms with Gasteiger partial charge in [-0.1, -0.05) is 72.6 Å². The molecule has 1 unspecified atom stereocenters. The van der Waals surface area contributed by atoms with Crippen molar-refractivity contribution >= 4 is 5.97 Å². The van der Waals surface area contributed by atoms with Gasteiger partial charge in [0.1, 0.15) is 0 Å². The van der Waals surface area contributed by atoms with Crippen LogP contribution in [-0.2, 0) is 9.53 Å². The van der Waals surface area contributed by atoms with E-state index in [2.05, 4.69) is 27.7 Å². The van der Waals surface area contributed by atoms with E-state index in [0.717, 1.165) is 19.3 Å². The smallest absolute Gasteiger partial charge is 0.308 e. The number of ether oxygens (including phenoxy) is 1. The second-order valence-electron chi connectivity index (χ2n) is 6.07. The Morgan fingerprint density at radius 2 is 1.42 bits per heavy atom. The van der Waals surface area contributed by atoms with E-state index >= 15 is 0 Å². The number of carbonyl (C=O) groups excluding carboxylic acids is 1. The van der Waals surface area contributed by atoms with E-state index in [1.165, 1.54) is 38.5 Å². The summed E-state index contributed by atoms with van der Waals surface area (Å²) >= 11 is 0. The molecule has 0 fully saturated rings. The highest BCUT2D eigenvalue weighted by Gasteiger charge is 2.19. The fourth-order valence-electron chi connectivity index (χ4n) is 2.20. The molecule has 2 nitrogen and oxygen atoms in total. The highest BCUT2D eigenvalue weighted by molar-refractivity contribution is 5.72. The topological polar surface area (TPSA) is 26.3 Å². The number of esters is 1. The molecule has 0 aliphatic carbocycles. The Hall–Kier alpha value is -0.530. The van der Waals surface area contributed by atoms with Crippen LogP contribution in [0.15, 0.2) is 0 Å². The molecule has 0 bridgehead atoms. The first-order valence-corrected chi connectivity index (χ1v) is 8.28. The van der Waals surface area contributed by atoms with Gasteiger partial charge >= 0.3 is 5.97 Å². The van der Waals surface area contributed by atoms with Crippen LogP contribution in [0.2, 0.25) is 0 Å². The third-order valence-electron chi connectivity index (χ3n) is 3.45. The first-order chi connectivity index (χ1) is 9.11. The van der Waals surface area contributed by atoms with Crippen molar-refractivity contribution in [1.82, 2.24) is 0 Å². The van der Waals surface area contributed by atoms with Gasteiger partial charge in [0.25, 0.3) is 0 Å². The molecule has 0 radical (unpaired) electrons. The first-order valence-electron chi connectivity index (χ1n) is 8.28. The van der Waals surface area contributed by atoms with E-state index in [9.17, 15) is 4.79 Å². The van der Waals surface area contributed by atoms with Crippen LogP contribution in [0.25, 0.3) is 0 Å². The molecule has 0 aliphatic rings. The van der Waals surface area contributed by atoms with Gasteiger partial charge in [0.15, 0.2) is 0 Å². The minimum atomic E-state index is 0.0429. The highest BCUT2D eigenvalue weighted by Crippen LogP contribution is 2.19. The Morgan fingerprint density at radius 1 is 0.895 bits per heavy atom. The van der Waals surface area contributed by atoms with Crippen molar-refractivity contribution in [2.24, 2.45) is 11.8 Å². The fraction of sp³-hybridized carbons (Fsp3) is 0.941. The van der Waals surface area contributed by atoms with Crippen molar-refractivity contribution in [3.05, 3.63) is 0 Å². The molecule has 1 atom stereocenters. The second-order valence-corrected chi connectivity index (χ2v) is 6.07. The SMILES string of the molecule is CCCCCCC(CCCCC)C(=O)OCC(C)C. The zero-order valence-corrected chi connectivity index (χ0v) is 13.5. The summed E-state index contributed by atoms with van der Waals surface area (Å²) in [4.78, 5) is 12.1. The van der Waals surface area contributed by atoms with Crippen LogP contribution in [0.4, 0.5) is 0 Å². The monoisotopic (exact) mass is 270 g/mol.